The third-order valence-electron chi connectivity index (χ3n) is 11.8. The summed E-state index contributed by atoms with van der Waals surface area (Å²) in [6.07, 6.45) is 71.1. The maximum absolute atomic E-state index is 13.2. The van der Waals surface area contributed by atoms with Gasteiger partial charge < -0.3 is 14.2 Å². The Bertz CT molecular complexity index is 1290. The first-order valence-electron chi connectivity index (χ1n) is 27.6. The molecule has 65 heavy (non-hydrogen) atoms. The number of hydrogen-bond acceptors (Lipinski definition) is 5. The van der Waals surface area contributed by atoms with Crippen molar-refractivity contribution in [2.45, 2.75) is 252 Å². The largest absolute Gasteiger partial charge is 0.478 e. The molecule has 1 heterocycles. The van der Waals surface area contributed by atoms with Crippen LogP contribution in [0, 0.1) is 0 Å². The minimum absolute atomic E-state index is 0.327. The maximum Gasteiger partial charge on any atom is 0.338 e. The number of nitrogens with zero attached hydrogens (tertiary/aromatic N) is 1. The molecule has 5 nitrogen and oxygen atoms in total. The molecule has 0 unspecified atom stereocenters. The lowest BCUT2D eigenvalue weighted by Crippen LogP contribution is -2.09. The van der Waals surface area contributed by atoms with Crippen LogP contribution in [0.15, 0.2) is 85.0 Å². The molecule has 1 aromatic rings. The van der Waals surface area contributed by atoms with Crippen molar-refractivity contribution in [3.8, 4) is 11.8 Å². The average molecular weight is 900 g/mol. The van der Waals surface area contributed by atoms with Crippen LogP contribution in [0.2, 0.25) is 0 Å². The van der Waals surface area contributed by atoms with Gasteiger partial charge in [0.15, 0.2) is 0 Å². The van der Waals surface area contributed by atoms with Crippen LogP contribution in [0.1, 0.15) is 262 Å². The van der Waals surface area contributed by atoms with E-state index < -0.39 is 0 Å². The van der Waals surface area contributed by atoms with E-state index in [0.717, 1.165) is 64.2 Å². The van der Waals surface area contributed by atoms with Gasteiger partial charge >= 0.3 is 5.97 Å². The number of ether oxygens (including phenoxy) is 3. The molecule has 0 amide bonds. The molecular weight excluding hydrogens is 799 g/mol. The SMILES string of the molecule is CCCCC/C=C\C/C=C\CCCCCCCCOC(=O)c1cc(OCCCCCCCC/C=C\C/C=C\CCCCC)nc(OCCCCCCCC/C=C\C/C=C\CCCCC)c1. The molecule has 0 saturated heterocycles. The fourth-order valence-corrected chi connectivity index (χ4v) is 7.62. The van der Waals surface area contributed by atoms with Crippen molar-refractivity contribution in [2.75, 3.05) is 19.8 Å². The van der Waals surface area contributed by atoms with Crippen LogP contribution in [-0.2, 0) is 4.74 Å². The van der Waals surface area contributed by atoms with Gasteiger partial charge in [-0.2, -0.15) is 4.98 Å². The monoisotopic (exact) mass is 900 g/mol. The van der Waals surface area contributed by atoms with E-state index in [1.165, 1.54) is 167 Å². The van der Waals surface area contributed by atoms with Crippen molar-refractivity contribution in [1.82, 2.24) is 4.98 Å². The fraction of sp³-hybridized carbons (Fsp3) is 0.700. The molecule has 0 aliphatic heterocycles. The average Bonchev–Trinajstić information content (AvgIpc) is 3.31. The smallest absolute Gasteiger partial charge is 0.338 e. The van der Waals surface area contributed by atoms with Crippen LogP contribution in [0.3, 0.4) is 0 Å². The van der Waals surface area contributed by atoms with Crippen LogP contribution >= 0.6 is 0 Å². The summed E-state index contributed by atoms with van der Waals surface area (Å²) in [4.78, 5) is 17.8. The van der Waals surface area contributed by atoms with Crippen molar-refractivity contribution >= 4 is 5.97 Å². The van der Waals surface area contributed by atoms with E-state index in [1.807, 2.05) is 0 Å². The Labute approximate surface area is 402 Å². The Morgan fingerprint density at radius 3 is 0.969 bits per heavy atom. The van der Waals surface area contributed by atoms with E-state index in [9.17, 15) is 4.79 Å². The molecule has 0 aliphatic rings. The van der Waals surface area contributed by atoms with E-state index in [-0.39, 0.29) is 5.97 Å². The number of unbranched alkanes of at least 4 members (excludes halogenated alkanes) is 27. The van der Waals surface area contributed by atoms with Gasteiger partial charge in [-0.15, -0.1) is 0 Å². The van der Waals surface area contributed by atoms with Gasteiger partial charge in [-0.1, -0.05) is 209 Å². The third-order valence-corrected chi connectivity index (χ3v) is 11.8. The van der Waals surface area contributed by atoms with Gasteiger partial charge in [0, 0.05) is 12.1 Å². The van der Waals surface area contributed by atoms with Crippen molar-refractivity contribution in [3.63, 3.8) is 0 Å². The Kier molecular flexibility index (Phi) is 46.0. The van der Waals surface area contributed by atoms with Gasteiger partial charge in [-0.3, -0.25) is 0 Å². The van der Waals surface area contributed by atoms with Crippen molar-refractivity contribution in [2.24, 2.45) is 0 Å². The lowest BCUT2D eigenvalue weighted by Gasteiger charge is -2.12. The number of rotatable bonds is 48. The van der Waals surface area contributed by atoms with E-state index in [0.29, 0.717) is 37.1 Å². The molecule has 0 spiro atoms. The zero-order chi connectivity index (χ0) is 46.6. The molecule has 0 N–H and O–H groups in total. The molecule has 370 valence electrons. The van der Waals surface area contributed by atoms with Crippen LogP contribution in [-0.4, -0.2) is 30.8 Å². The topological polar surface area (TPSA) is 57.7 Å². The van der Waals surface area contributed by atoms with Gasteiger partial charge in [0.1, 0.15) is 0 Å². The van der Waals surface area contributed by atoms with Crippen molar-refractivity contribution in [1.29, 1.82) is 0 Å². The predicted octanol–water partition coefficient (Wildman–Crippen LogP) is 19.4. The minimum atomic E-state index is -0.327. The summed E-state index contributed by atoms with van der Waals surface area (Å²) < 4.78 is 17.9. The zero-order valence-electron chi connectivity index (χ0n) is 42.7. The summed E-state index contributed by atoms with van der Waals surface area (Å²) in [7, 11) is 0. The minimum Gasteiger partial charge on any atom is -0.478 e. The molecule has 0 bridgehead atoms. The zero-order valence-corrected chi connectivity index (χ0v) is 42.7. The molecule has 0 radical (unpaired) electrons. The van der Waals surface area contributed by atoms with E-state index in [1.54, 1.807) is 12.1 Å². The molecule has 5 heteroatoms. The second kappa shape index (κ2) is 50.1. The summed E-state index contributed by atoms with van der Waals surface area (Å²) in [5, 5.41) is 0. The van der Waals surface area contributed by atoms with Gasteiger partial charge in [-0.25, -0.2) is 4.79 Å². The summed E-state index contributed by atoms with van der Waals surface area (Å²) >= 11 is 0. The molecule has 0 atom stereocenters. The maximum atomic E-state index is 13.2. The van der Waals surface area contributed by atoms with Crippen LogP contribution in [0.4, 0.5) is 0 Å². The van der Waals surface area contributed by atoms with Crippen LogP contribution in [0.5, 0.6) is 11.8 Å². The normalized spacial score (nSPS) is 12.2. The van der Waals surface area contributed by atoms with Gasteiger partial charge in [0.25, 0.3) is 0 Å². The molecule has 1 aromatic heterocycles. The summed E-state index contributed by atoms with van der Waals surface area (Å²) in [6, 6.07) is 3.45. The lowest BCUT2D eigenvalue weighted by atomic mass is 10.1. The highest BCUT2D eigenvalue weighted by atomic mass is 16.5. The van der Waals surface area contributed by atoms with Crippen LogP contribution < -0.4 is 9.47 Å². The second-order valence-corrected chi connectivity index (χ2v) is 18.1. The summed E-state index contributed by atoms with van der Waals surface area (Å²) in [5.74, 6) is 0.567. The van der Waals surface area contributed by atoms with Gasteiger partial charge in [0.05, 0.1) is 25.4 Å². The summed E-state index contributed by atoms with van der Waals surface area (Å²) in [6.45, 7) is 8.36. The van der Waals surface area contributed by atoms with E-state index in [4.69, 9.17) is 14.2 Å². The molecule has 0 aliphatic carbocycles. The molecule has 1 rings (SSSR count). The van der Waals surface area contributed by atoms with Crippen molar-refractivity contribution in [3.05, 3.63) is 90.6 Å². The fourth-order valence-electron chi connectivity index (χ4n) is 7.62. The number of pyridine rings is 1. The number of carbonyl (C=O) groups excluding carboxylic acids is 1. The number of aromatic nitrogens is 1. The third kappa shape index (κ3) is 43.0. The highest BCUT2D eigenvalue weighted by Gasteiger charge is 2.13. The van der Waals surface area contributed by atoms with Gasteiger partial charge in [0.2, 0.25) is 11.8 Å². The quantitative estimate of drug-likeness (QED) is 0.0370. The van der Waals surface area contributed by atoms with E-state index in [2.05, 4.69) is 98.7 Å². The first-order valence-corrected chi connectivity index (χ1v) is 27.6. The number of esters is 1. The highest BCUT2D eigenvalue weighted by molar-refractivity contribution is 5.90. The molecule has 0 aromatic carbocycles. The number of allylic oxidation sites excluding steroid dienone is 12. The Morgan fingerprint density at radius 2 is 0.646 bits per heavy atom. The standard InChI is InChI=1S/C60H101NO4/c1-4-7-10-13-16-19-22-25-28-31-34-37-40-43-46-49-52-63-58-55-57(60(62)65-54-51-48-45-42-39-36-33-30-27-24-21-18-15-12-9-6-3)56-59(61-58)64-53-50-47-44-41-38-35-32-29-26-23-20-17-14-11-8-5-2/h16-21,25-30,55-56H,4-15,22-24,31-54H2,1-3H3/b19-16-,20-17-,21-18-,28-25-,29-26-,30-27-. The summed E-state index contributed by atoms with van der Waals surface area (Å²) in [5.41, 5.74) is 0.458. The highest BCUT2D eigenvalue weighted by Crippen LogP contribution is 2.21. The molecular formula is C60H101NO4. The van der Waals surface area contributed by atoms with Crippen molar-refractivity contribution < 1.29 is 19.0 Å². The van der Waals surface area contributed by atoms with E-state index >= 15 is 0 Å². The number of hydrogen-bond donors (Lipinski definition) is 0. The Hall–Kier alpha value is -3.34. The molecule has 0 fully saturated rings. The lowest BCUT2D eigenvalue weighted by molar-refractivity contribution is 0.0496. The Balaban J connectivity index is 2.40. The predicted molar refractivity (Wildman–Crippen MR) is 284 cm³/mol. The van der Waals surface area contributed by atoms with Crippen LogP contribution in [0.25, 0.3) is 0 Å². The first kappa shape index (κ1) is 59.7. The number of carbonyl (C=O) groups is 1. The van der Waals surface area contributed by atoms with Gasteiger partial charge in [-0.05, 0) is 116 Å². The first-order chi connectivity index (χ1) is 32.2. The Morgan fingerprint density at radius 1 is 0.369 bits per heavy atom. The second-order valence-electron chi connectivity index (χ2n) is 18.1. The molecule has 0 saturated carbocycles.